The Hall–Kier alpha value is -3.61. The quantitative estimate of drug-likeness (QED) is 0.569. The number of hydrogen-bond acceptors (Lipinski definition) is 6. The van der Waals surface area contributed by atoms with Crippen LogP contribution in [0.25, 0.3) is 0 Å². The first-order chi connectivity index (χ1) is 17.3. The summed E-state index contributed by atoms with van der Waals surface area (Å²) in [6.07, 6.45) is -5.15. The van der Waals surface area contributed by atoms with Gasteiger partial charge in [0.25, 0.3) is 11.8 Å². The molecular formula is C24H23F5N4O4. The standard InChI is InChI=1S/C24H23F5N4O4/c1-11-17(13-4-5-14(25)18(26)19(13)36-3)20(37-23(11,2)24(27,28)29)21(34)32-12-6-8-31-16(10-12)33-9-7-15(30)22(33)35/h4-6,8,10-11,17,20,30H,7,9H2,1-3H3,(H,31,32,34)/t11-,17-,20+,23+/m0/s1. The Morgan fingerprint density at radius 3 is 2.59 bits per heavy atom. The Bertz CT molecular complexity index is 1270. The Labute approximate surface area is 208 Å². The van der Waals surface area contributed by atoms with Gasteiger partial charge in [-0.1, -0.05) is 13.0 Å². The molecule has 0 saturated carbocycles. The molecule has 1 aromatic heterocycles. The maximum atomic E-state index is 14.5. The molecular weight excluding hydrogens is 503 g/mol. The lowest BCUT2D eigenvalue weighted by atomic mass is 9.77. The summed E-state index contributed by atoms with van der Waals surface area (Å²) in [5.41, 5.74) is -2.94. The number of amides is 2. The number of anilines is 2. The molecule has 0 radical (unpaired) electrons. The molecule has 0 spiro atoms. The van der Waals surface area contributed by atoms with E-state index in [9.17, 15) is 31.5 Å². The molecule has 198 valence electrons. The van der Waals surface area contributed by atoms with Crippen molar-refractivity contribution in [1.29, 1.82) is 5.41 Å². The zero-order valence-electron chi connectivity index (χ0n) is 20.0. The fourth-order valence-electron chi connectivity index (χ4n) is 4.71. The average molecular weight is 526 g/mol. The topological polar surface area (TPSA) is 105 Å². The smallest absolute Gasteiger partial charge is 0.417 e. The van der Waals surface area contributed by atoms with Gasteiger partial charge >= 0.3 is 6.18 Å². The summed E-state index contributed by atoms with van der Waals surface area (Å²) in [6, 6.07) is 4.52. The van der Waals surface area contributed by atoms with Crippen LogP contribution in [-0.2, 0) is 14.3 Å². The first-order valence-corrected chi connectivity index (χ1v) is 11.2. The van der Waals surface area contributed by atoms with Crippen LogP contribution >= 0.6 is 0 Å². The molecule has 2 N–H and O–H groups in total. The van der Waals surface area contributed by atoms with Gasteiger partial charge in [-0.05, 0) is 19.1 Å². The second-order valence-electron chi connectivity index (χ2n) is 9.02. The second kappa shape index (κ2) is 9.36. The third-order valence-electron chi connectivity index (χ3n) is 6.95. The molecule has 2 aromatic rings. The van der Waals surface area contributed by atoms with Crippen LogP contribution in [0.3, 0.4) is 0 Å². The third kappa shape index (κ3) is 4.41. The Morgan fingerprint density at radius 2 is 2.00 bits per heavy atom. The Kier molecular flexibility index (Phi) is 6.69. The number of halogens is 5. The van der Waals surface area contributed by atoms with E-state index in [0.717, 1.165) is 26.2 Å². The van der Waals surface area contributed by atoms with E-state index in [0.29, 0.717) is 0 Å². The van der Waals surface area contributed by atoms with Crippen molar-refractivity contribution in [1.82, 2.24) is 4.98 Å². The highest BCUT2D eigenvalue weighted by molar-refractivity contribution is 6.44. The molecule has 37 heavy (non-hydrogen) atoms. The molecule has 2 amide bonds. The van der Waals surface area contributed by atoms with E-state index in [4.69, 9.17) is 14.9 Å². The van der Waals surface area contributed by atoms with Crippen LogP contribution in [0.1, 0.15) is 31.7 Å². The highest BCUT2D eigenvalue weighted by Gasteiger charge is 2.66. The van der Waals surface area contributed by atoms with Crippen LogP contribution in [0.2, 0.25) is 0 Å². The maximum absolute atomic E-state index is 14.5. The molecule has 0 bridgehead atoms. The maximum Gasteiger partial charge on any atom is 0.417 e. The lowest BCUT2D eigenvalue weighted by Crippen LogP contribution is -2.47. The van der Waals surface area contributed by atoms with Crippen molar-refractivity contribution in [3.05, 3.63) is 47.7 Å². The first kappa shape index (κ1) is 26.5. The zero-order valence-corrected chi connectivity index (χ0v) is 20.0. The summed E-state index contributed by atoms with van der Waals surface area (Å²) >= 11 is 0. The fraction of sp³-hybridized carbons (Fsp3) is 0.417. The summed E-state index contributed by atoms with van der Waals surface area (Å²) < 4.78 is 80.9. The number of methoxy groups -OCH3 is 1. The monoisotopic (exact) mass is 526 g/mol. The van der Waals surface area contributed by atoms with Crippen LogP contribution in [-0.4, -0.2) is 54.0 Å². The summed E-state index contributed by atoms with van der Waals surface area (Å²) in [6.45, 7) is 2.22. The molecule has 2 saturated heterocycles. The van der Waals surface area contributed by atoms with Crippen LogP contribution in [0.5, 0.6) is 5.75 Å². The number of hydrogen-bond donors (Lipinski definition) is 2. The van der Waals surface area contributed by atoms with Crippen molar-refractivity contribution >= 4 is 29.0 Å². The number of benzene rings is 1. The zero-order chi connectivity index (χ0) is 27.3. The third-order valence-corrected chi connectivity index (χ3v) is 6.95. The SMILES string of the molecule is COc1c([C@H]2[C@H](C(=O)Nc3ccnc(N4CCC(=N)C4=O)c3)O[C@@](C)(C(F)(F)F)[C@H]2C)ccc(F)c1F. The van der Waals surface area contributed by atoms with Crippen molar-refractivity contribution in [2.45, 2.75) is 44.1 Å². The molecule has 0 aliphatic carbocycles. The average Bonchev–Trinajstić information content (AvgIpc) is 3.32. The van der Waals surface area contributed by atoms with Gasteiger partial charge in [-0.3, -0.25) is 19.9 Å². The van der Waals surface area contributed by atoms with Crippen molar-refractivity contribution in [2.75, 3.05) is 23.9 Å². The van der Waals surface area contributed by atoms with Gasteiger partial charge in [-0.25, -0.2) is 9.37 Å². The second-order valence-corrected chi connectivity index (χ2v) is 9.02. The minimum Gasteiger partial charge on any atom is -0.493 e. The summed E-state index contributed by atoms with van der Waals surface area (Å²) in [7, 11) is 1.04. The van der Waals surface area contributed by atoms with E-state index in [1.165, 1.54) is 30.2 Å². The predicted molar refractivity (Wildman–Crippen MR) is 122 cm³/mol. The molecule has 4 rings (SSSR count). The van der Waals surface area contributed by atoms with Gasteiger partial charge in [0.05, 0.1) is 12.8 Å². The first-order valence-electron chi connectivity index (χ1n) is 11.2. The lowest BCUT2D eigenvalue weighted by Gasteiger charge is -2.32. The fourth-order valence-corrected chi connectivity index (χ4v) is 4.71. The number of pyridine rings is 1. The molecule has 2 aliphatic rings. The minimum atomic E-state index is -4.89. The van der Waals surface area contributed by atoms with Gasteiger partial charge in [0, 0.05) is 48.3 Å². The van der Waals surface area contributed by atoms with Crippen molar-refractivity contribution < 1.29 is 41.0 Å². The molecule has 2 aliphatic heterocycles. The van der Waals surface area contributed by atoms with Gasteiger partial charge in [0.1, 0.15) is 11.9 Å². The highest BCUT2D eigenvalue weighted by atomic mass is 19.4. The lowest BCUT2D eigenvalue weighted by molar-refractivity contribution is -0.272. The van der Waals surface area contributed by atoms with E-state index in [2.05, 4.69) is 10.3 Å². The van der Waals surface area contributed by atoms with Gasteiger partial charge in [-0.15, -0.1) is 0 Å². The number of carbonyl (C=O) groups excluding carboxylic acids is 2. The molecule has 1 aromatic carbocycles. The molecule has 3 heterocycles. The molecule has 4 atom stereocenters. The van der Waals surface area contributed by atoms with Gasteiger partial charge in [0.15, 0.2) is 17.2 Å². The summed E-state index contributed by atoms with van der Waals surface area (Å²) in [4.78, 5) is 30.8. The van der Waals surface area contributed by atoms with E-state index in [1.54, 1.807) is 0 Å². The Morgan fingerprint density at radius 1 is 1.30 bits per heavy atom. The van der Waals surface area contributed by atoms with Crippen molar-refractivity contribution in [3.63, 3.8) is 0 Å². The number of nitrogens with zero attached hydrogens (tertiary/aromatic N) is 2. The number of rotatable bonds is 5. The minimum absolute atomic E-state index is 0.0978. The van der Waals surface area contributed by atoms with Gasteiger partial charge < -0.3 is 14.8 Å². The van der Waals surface area contributed by atoms with E-state index in [1.807, 2.05) is 0 Å². The van der Waals surface area contributed by atoms with Crippen LogP contribution in [0.15, 0.2) is 30.5 Å². The number of alkyl halides is 3. The van der Waals surface area contributed by atoms with Gasteiger partial charge in [0.2, 0.25) is 5.82 Å². The van der Waals surface area contributed by atoms with Crippen LogP contribution < -0.4 is 15.0 Å². The van der Waals surface area contributed by atoms with E-state index >= 15 is 0 Å². The number of carbonyl (C=O) groups is 2. The molecule has 0 unspecified atom stereocenters. The van der Waals surface area contributed by atoms with Crippen LogP contribution in [0.4, 0.5) is 33.5 Å². The summed E-state index contributed by atoms with van der Waals surface area (Å²) in [5.74, 6) is -7.42. The molecule has 8 nitrogen and oxygen atoms in total. The molecule has 2 fully saturated rings. The largest absolute Gasteiger partial charge is 0.493 e. The Balaban J connectivity index is 1.70. The number of nitrogens with one attached hydrogen (secondary N) is 2. The van der Waals surface area contributed by atoms with E-state index in [-0.39, 0.29) is 35.7 Å². The van der Waals surface area contributed by atoms with Crippen LogP contribution in [0, 0.1) is 23.0 Å². The van der Waals surface area contributed by atoms with Gasteiger partial charge in [-0.2, -0.15) is 17.6 Å². The molecule has 13 heteroatoms. The number of aromatic nitrogens is 1. The van der Waals surface area contributed by atoms with Crippen molar-refractivity contribution in [3.8, 4) is 5.75 Å². The number of ether oxygens (including phenoxy) is 2. The predicted octanol–water partition coefficient (Wildman–Crippen LogP) is 4.20. The highest BCUT2D eigenvalue weighted by Crippen LogP contribution is 2.55. The van der Waals surface area contributed by atoms with E-state index < -0.39 is 58.9 Å². The van der Waals surface area contributed by atoms with Crippen molar-refractivity contribution in [2.24, 2.45) is 5.92 Å². The summed E-state index contributed by atoms with van der Waals surface area (Å²) in [5, 5.41) is 10.1. The normalized spacial score (nSPS) is 26.1.